The lowest BCUT2D eigenvalue weighted by Gasteiger charge is -2.40. The van der Waals surface area contributed by atoms with Gasteiger partial charge in [0.1, 0.15) is 5.82 Å². The van der Waals surface area contributed by atoms with Crippen LogP contribution in [0.2, 0.25) is 0 Å². The van der Waals surface area contributed by atoms with Gasteiger partial charge < -0.3 is 15.4 Å². The van der Waals surface area contributed by atoms with E-state index in [0.717, 1.165) is 38.2 Å². The van der Waals surface area contributed by atoms with E-state index in [-0.39, 0.29) is 5.60 Å². The topological polar surface area (TPSA) is 51.4 Å². The van der Waals surface area contributed by atoms with E-state index in [0.29, 0.717) is 6.54 Å². The third kappa shape index (κ3) is 3.00. The molecule has 1 aromatic heterocycles. The first kappa shape index (κ1) is 13.3. The van der Waals surface area contributed by atoms with Crippen molar-refractivity contribution in [1.29, 1.82) is 0 Å². The summed E-state index contributed by atoms with van der Waals surface area (Å²) in [6, 6.07) is 4.21. The Hall–Kier alpha value is -1.13. The Kier molecular flexibility index (Phi) is 4.19. The van der Waals surface area contributed by atoms with Crippen LogP contribution in [0.3, 0.4) is 0 Å². The minimum absolute atomic E-state index is 0.0458. The van der Waals surface area contributed by atoms with Crippen LogP contribution < -0.4 is 10.6 Å². The van der Waals surface area contributed by atoms with Crippen LogP contribution in [0.25, 0.3) is 0 Å². The Morgan fingerprint density at radius 1 is 1.50 bits per heavy atom. The number of anilines is 1. The highest BCUT2D eigenvalue weighted by Gasteiger charge is 2.31. The molecule has 1 fully saturated rings. The molecule has 0 spiro atoms. The number of nitrogens with zero attached hydrogens (tertiary/aromatic N) is 2. The summed E-state index contributed by atoms with van der Waals surface area (Å²) in [5.41, 5.74) is 6.70. The molecule has 1 unspecified atom stereocenters. The zero-order valence-electron chi connectivity index (χ0n) is 11.4. The number of aromatic nitrogens is 1. The predicted molar refractivity (Wildman–Crippen MR) is 73.9 cm³/mol. The first-order chi connectivity index (χ1) is 8.67. The maximum atomic E-state index is 5.61. The molecule has 2 rings (SSSR count). The van der Waals surface area contributed by atoms with Gasteiger partial charge in [0.05, 0.1) is 5.60 Å². The fourth-order valence-electron chi connectivity index (χ4n) is 2.49. The summed E-state index contributed by atoms with van der Waals surface area (Å²) >= 11 is 0. The lowest BCUT2D eigenvalue weighted by Crippen LogP contribution is -2.47. The van der Waals surface area contributed by atoms with Crippen molar-refractivity contribution in [3.63, 3.8) is 0 Å². The molecule has 1 aliphatic heterocycles. The number of nitrogens with two attached hydrogens (primary N) is 1. The molecule has 4 nitrogen and oxygen atoms in total. The molecule has 2 N–H and O–H groups in total. The van der Waals surface area contributed by atoms with Crippen LogP contribution in [0.4, 0.5) is 5.82 Å². The molecule has 1 aromatic rings. The molecule has 0 radical (unpaired) electrons. The highest BCUT2D eigenvalue weighted by Crippen LogP contribution is 2.26. The molecular formula is C14H23N3O. The molecule has 1 atom stereocenters. The molecule has 0 bridgehead atoms. The maximum absolute atomic E-state index is 5.61. The summed E-state index contributed by atoms with van der Waals surface area (Å²) in [6.07, 6.45) is 5.09. The molecule has 18 heavy (non-hydrogen) atoms. The van der Waals surface area contributed by atoms with Gasteiger partial charge in [-0.2, -0.15) is 0 Å². The summed E-state index contributed by atoms with van der Waals surface area (Å²) in [5.74, 6) is 1.04. The van der Waals surface area contributed by atoms with Gasteiger partial charge in [0.2, 0.25) is 0 Å². The Balaban J connectivity index is 2.06. The molecule has 100 valence electrons. The number of methoxy groups -OCH3 is 1. The summed E-state index contributed by atoms with van der Waals surface area (Å²) in [5, 5.41) is 0. The number of rotatable bonds is 4. The molecule has 0 amide bonds. The molecule has 1 saturated heterocycles. The maximum Gasteiger partial charge on any atom is 0.128 e. The van der Waals surface area contributed by atoms with Gasteiger partial charge in [-0.1, -0.05) is 6.07 Å². The standard InChI is InChI=1S/C14H23N3O/c1-14(18-2)7-3-9-17(11-14)13-5-4-12(6-8-15)10-16-13/h4-5,10H,3,6-9,11,15H2,1-2H3. The van der Waals surface area contributed by atoms with Crippen molar-refractivity contribution in [2.75, 3.05) is 31.6 Å². The number of pyridine rings is 1. The fraction of sp³-hybridized carbons (Fsp3) is 0.643. The van der Waals surface area contributed by atoms with Gasteiger partial charge in [0.25, 0.3) is 0 Å². The molecular weight excluding hydrogens is 226 g/mol. The van der Waals surface area contributed by atoms with E-state index < -0.39 is 0 Å². The Morgan fingerprint density at radius 3 is 2.94 bits per heavy atom. The molecule has 0 aliphatic carbocycles. The lowest BCUT2D eigenvalue weighted by atomic mass is 9.95. The first-order valence-corrected chi connectivity index (χ1v) is 6.62. The quantitative estimate of drug-likeness (QED) is 0.880. The van der Waals surface area contributed by atoms with Crippen LogP contribution in [0, 0.1) is 0 Å². The Bertz CT molecular complexity index is 379. The summed E-state index contributed by atoms with van der Waals surface area (Å²) in [4.78, 5) is 6.84. The van der Waals surface area contributed by atoms with Crippen molar-refractivity contribution in [2.24, 2.45) is 5.73 Å². The zero-order chi connectivity index (χ0) is 13.0. The second kappa shape index (κ2) is 5.67. The van der Waals surface area contributed by atoms with E-state index in [1.807, 2.05) is 6.20 Å². The van der Waals surface area contributed by atoms with Crippen LogP contribution in [-0.4, -0.2) is 37.3 Å². The minimum atomic E-state index is -0.0458. The second-order valence-electron chi connectivity index (χ2n) is 5.24. The largest absolute Gasteiger partial charge is 0.377 e. The average molecular weight is 249 g/mol. The highest BCUT2D eigenvalue weighted by atomic mass is 16.5. The number of piperidine rings is 1. The van der Waals surface area contributed by atoms with E-state index >= 15 is 0 Å². The third-order valence-electron chi connectivity index (χ3n) is 3.72. The molecule has 2 heterocycles. The lowest BCUT2D eigenvalue weighted by molar-refractivity contribution is -0.00481. The van der Waals surface area contributed by atoms with Crippen LogP contribution in [0.15, 0.2) is 18.3 Å². The Labute approximate surface area is 109 Å². The van der Waals surface area contributed by atoms with Crippen molar-refractivity contribution < 1.29 is 4.74 Å². The SMILES string of the molecule is COC1(C)CCCN(c2ccc(CCN)cn2)C1. The smallest absolute Gasteiger partial charge is 0.128 e. The van der Waals surface area contributed by atoms with Crippen molar-refractivity contribution >= 4 is 5.82 Å². The van der Waals surface area contributed by atoms with Crippen molar-refractivity contribution in [3.05, 3.63) is 23.9 Å². The summed E-state index contributed by atoms with van der Waals surface area (Å²) in [6.45, 7) is 4.81. The van der Waals surface area contributed by atoms with E-state index in [1.165, 1.54) is 5.56 Å². The Morgan fingerprint density at radius 2 is 2.33 bits per heavy atom. The summed E-state index contributed by atoms with van der Waals surface area (Å²) < 4.78 is 5.61. The van der Waals surface area contributed by atoms with Gasteiger partial charge in [-0.25, -0.2) is 4.98 Å². The van der Waals surface area contributed by atoms with Gasteiger partial charge in [-0.15, -0.1) is 0 Å². The van der Waals surface area contributed by atoms with Gasteiger partial charge in [-0.3, -0.25) is 0 Å². The number of ether oxygens (including phenoxy) is 1. The van der Waals surface area contributed by atoms with Gasteiger partial charge in [0.15, 0.2) is 0 Å². The van der Waals surface area contributed by atoms with Crippen LogP contribution >= 0.6 is 0 Å². The van der Waals surface area contributed by atoms with Crippen molar-refractivity contribution in [2.45, 2.75) is 31.8 Å². The van der Waals surface area contributed by atoms with E-state index in [2.05, 4.69) is 28.9 Å². The molecule has 1 aliphatic rings. The highest BCUT2D eigenvalue weighted by molar-refractivity contribution is 5.40. The monoisotopic (exact) mass is 249 g/mol. The fourth-order valence-corrected chi connectivity index (χ4v) is 2.49. The summed E-state index contributed by atoms with van der Waals surface area (Å²) in [7, 11) is 1.79. The van der Waals surface area contributed by atoms with Gasteiger partial charge >= 0.3 is 0 Å². The molecule has 4 heteroatoms. The number of hydrogen-bond donors (Lipinski definition) is 1. The normalized spacial score (nSPS) is 24.3. The third-order valence-corrected chi connectivity index (χ3v) is 3.72. The van der Waals surface area contributed by atoms with Crippen LogP contribution in [-0.2, 0) is 11.2 Å². The van der Waals surface area contributed by atoms with Crippen molar-refractivity contribution in [1.82, 2.24) is 4.98 Å². The van der Waals surface area contributed by atoms with E-state index in [1.54, 1.807) is 7.11 Å². The van der Waals surface area contributed by atoms with E-state index in [4.69, 9.17) is 10.5 Å². The predicted octanol–water partition coefficient (Wildman–Crippen LogP) is 1.59. The van der Waals surface area contributed by atoms with Crippen molar-refractivity contribution in [3.8, 4) is 0 Å². The van der Waals surface area contributed by atoms with Crippen LogP contribution in [0.5, 0.6) is 0 Å². The van der Waals surface area contributed by atoms with E-state index in [9.17, 15) is 0 Å². The minimum Gasteiger partial charge on any atom is -0.377 e. The van der Waals surface area contributed by atoms with Gasteiger partial charge in [0, 0.05) is 26.4 Å². The van der Waals surface area contributed by atoms with Crippen LogP contribution in [0.1, 0.15) is 25.3 Å². The molecule has 0 aromatic carbocycles. The average Bonchev–Trinajstić information content (AvgIpc) is 2.40. The second-order valence-corrected chi connectivity index (χ2v) is 5.24. The first-order valence-electron chi connectivity index (χ1n) is 6.62. The zero-order valence-corrected chi connectivity index (χ0v) is 11.4. The number of hydrogen-bond acceptors (Lipinski definition) is 4. The molecule has 0 saturated carbocycles. The van der Waals surface area contributed by atoms with Gasteiger partial charge in [-0.05, 0) is 44.4 Å².